The van der Waals surface area contributed by atoms with Crippen LogP contribution in [0.25, 0.3) is 0 Å². The lowest BCUT2D eigenvalue weighted by Crippen LogP contribution is -2.28. The molecule has 3 heteroatoms. The van der Waals surface area contributed by atoms with Crippen molar-refractivity contribution in [3.8, 4) is 11.8 Å². The van der Waals surface area contributed by atoms with E-state index in [1.54, 1.807) is 0 Å². The summed E-state index contributed by atoms with van der Waals surface area (Å²) in [6.07, 6.45) is 3.63. The third-order valence-corrected chi connectivity index (χ3v) is 3.29. The Balaban J connectivity index is 2.08. The zero-order valence-electron chi connectivity index (χ0n) is 11.2. The number of carbonyl (C=O) groups is 1. The minimum atomic E-state index is 0.0735. The lowest BCUT2D eigenvalue weighted by atomic mass is 9.85. The molecule has 1 aliphatic rings. The molecule has 0 spiro atoms. The Labute approximate surface area is 114 Å². The van der Waals surface area contributed by atoms with Crippen LogP contribution in [0.4, 0.5) is 5.69 Å². The average Bonchev–Trinajstić information content (AvgIpc) is 2.25. The Morgan fingerprint density at radius 3 is 2.84 bits per heavy atom. The minimum absolute atomic E-state index is 0.0735. The van der Waals surface area contributed by atoms with E-state index in [1.807, 2.05) is 25.1 Å². The number of benzene rings is 1. The van der Waals surface area contributed by atoms with Crippen LogP contribution in [-0.4, -0.2) is 17.6 Å². The van der Waals surface area contributed by atoms with Crippen molar-refractivity contribution >= 4 is 11.6 Å². The van der Waals surface area contributed by atoms with Gasteiger partial charge in [0, 0.05) is 23.6 Å². The Bertz CT molecular complexity index is 521. The average molecular weight is 257 g/mol. The van der Waals surface area contributed by atoms with Gasteiger partial charge in [0.15, 0.2) is 0 Å². The van der Waals surface area contributed by atoms with Crippen LogP contribution in [-0.2, 0) is 4.79 Å². The highest BCUT2D eigenvalue weighted by molar-refractivity contribution is 5.93. The molecule has 19 heavy (non-hydrogen) atoms. The minimum Gasteiger partial charge on any atom is -0.395 e. The quantitative estimate of drug-likeness (QED) is 0.817. The van der Waals surface area contributed by atoms with Gasteiger partial charge in [-0.05, 0) is 43.5 Å². The summed E-state index contributed by atoms with van der Waals surface area (Å²) in [6, 6.07) is 5.81. The highest BCUT2D eigenvalue weighted by Gasteiger charge is 2.25. The second-order valence-corrected chi connectivity index (χ2v) is 4.98. The number of aryl methyl sites for hydroxylation is 1. The summed E-state index contributed by atoms with van der Waals surface area (Å²) in [4.78, 5) is 11.9. The third kappa shape index (κ3) is 3.84. The highest BCUT2D eigenvalue weighted by Crippen LogP contribution is 2.27. The summed E-state index contributed by atoms with van der Waals surface area (Å²) in [7, 11) is 0. The maximum absolute atomic E-state index is 11.9. The maximum Gasteiger partial charge on any atom is 0.227 e. The fourth-order valence-electron chi connectivity index (χ4n) is 2.06. The predicted molar refractivity (Wildman–Crippen MR) is 75.7 cm³/mol. The molecule has 0 aromatic heterocycles. The fraction of sp³-hybridized carbons (Fsp3) is 0.438. The van der Waals surface area contributed by atoms with E-state index in [9.17, 15) is 4.79 Å². The smallest absolute Gasteiger partial charge is 0.227 e. The number of amides is 1. The zero-order chi connectivity index (χ0) is 13.7. The van der Waals surface area contributed by atoms with Gasteiger partial charge < -0.3 is 10.4 Å². The van der Waals surface area contributed by atoms with Crippen molar-refractivity contribution in [2.75, 3.05) is 11.9 Å². The van der Waals surface area contributed by atoms with Crippen LogP contribution in [0.5, 0.6) is 0 Å². The fourth-order valence-corrected chi connectivity index (χ4v) is 2.06. The van der Waals surface area contributed by atoms with Crippen LogP contribution in [0.3, 0.4) is 0 Å². The molecule has 1 amide bonds. The van der Waals surface area contributed by atoms with Gasteiger partial charge in [-0.25, -0.2) is 0 Å². The van der Waals surface area contributed by atoms with Gasteiger partial charge in [-0.3, -0.25) is 4.79 Å². The second kappa shape index (κ2) is 6.40. The van der Waals surface area contributed by atoms with Gasteiger partial charge in [0.05, 0.1) is 6.61 Å². The zero-order valence-corrected chi connectivity index (χ0v) is 11.2. The molecule has 1 aromatic rings. The number of anilines is 1. The van der Waals surface area contributed by atoms with Crippen LogP contribution >= 0.6 is 0 Å². The summed E-state index contributed by atoms with van der Waals surface area (Å²) in [6.45, 7) is 2.06. The standard InChI is InChI=1S/C16H19NO2/c1-12-9-13(5-2-3-8-18)11-15(10-12)17-16(19)14-6-4-7-14/h9-11,14,18H,3-4,6-8H2,1H3,(H,17,19). The van der Waals surface area contributed by atoms with Crippen molar-refractivity contribution in [1.82, 2.24) is 0 Å². The Kier molecular flexibility index (Phi) is 4.59. The Hall–Kier alpha value is -1.79. The van der Waals surface area contributed by atoms with Gasteiger partial charge in [0.25, 0.3) is 0 Å². The van der Waals surface area contributed by atoms with E-state index in [2.05, 4.69) is 17.2 Å². The van der Waals surface area contributed by atoms with Gasteiger partial charge in [-0.1, -0.05) is 18.3 Å². The lowest BCUT2D eigenvalue weighted by molar-refractivity contribution is -0.122. The molecular formula is C16H19NO2. The van der Waals surface area contributed by atoms with E-state index in [1.165, 1.54) is 0 Å². The summed E-state index contributed by atoms with van der Waals surface area (Å²) in [5, 5.41) is 11.7. The first kappa shape index (κ1) is 13.6. The highest BCUT2D eigenvalue weighted by atomic mass is 16.2. The van der Waals surface area contributed by atoms with Gasteiger partial charge in [-0.2, -0.15) is 0 Å². The molecule has 100 valence electrons. The number of hydrogen-bond donors (Lipinski definition) is 2. The monoisotopic (exact) mass is 257 g/mol. The van der Waals surface area contributed by atoms with Crippen molar-refractivity contribution in [3.63, 3.8) is 0 Å². The van der Waals surface area contributed by atoms with Crippen molar-refractivity contribution < 1.29 is 9.90 Å². The summed E-state index contributed by atoms with van der Waals surface area (Å²) < 4.78 is 0. The third-order valence-electron chi connectivity index (χ3n) is 3.29. The van der Waals surface area contributed by atoms with Crippen molar-refractivity contribution in [2.45, 2.75) is 32.6 Å². The van der Waals surface area contributed by atoms with E-state index in [0.717, 1.165) is 36.1 Å². The van der Waals surface area contributed by atoms with E-state index < -0.39 is 0 Å². The summed E-state index contributed by atoms with van der Waals surface area (Å²) in [5.74, 6) is 6.19. The number of aliphatic hydroxyl groups is 1. The van der Waals surface area contributed by atoms with Crippen LogP contribution in [0.1, 0.15) is 36.8 Å². The normalized spacial score (nSPS) is 14.2. The number of carbonyl (C=O) groups excluding carboxylic acids is 1. The molecule has 1 aromatic carbocycles. The molecule has 0 radical (unpaired) electrons. The van der Waals surface area contributed by atoms with Crippen LogP contribution < -0.4 is 5.32 Å². The first-order chi connectivity index (χ1) is 9.19. The molecule has 2 N–H and O–H groups in total. The largest absolute Gasteiger partial charge is 0.395 e. The predicted octanol–water partition coefficient (Wildman–Crippen LogP) is 2.47. The number of aliphatic hydroxyl groups excluding tert-OH is 1. The van der Waals surface area contributed by atoms with E-state index in [0.29, 0.717) is 6.42 Å². The molecular weight excluding hydrogens is 238 g/mol. The molecule has 0 heterocycles. The lowest BCUT2D eigenvalue weighted by Gasteiger charge is -2.24. The summed E-state index contributed by atoms with van der Waals surface area (Å²) in [5.41, 5.74) is 2.75. The number of hydrogen-bond acceptors (Lipinski definition) is 2. The van der Waals surface area contributed by atoms with Gasteiger partial charge in [-0.15, -0.1) is 0 Å². The van der Waals surface area contributed by atoms with E-state index in [-0.39, 0.29) is 18.4 Å². The first-order valence-corrected chi connectivity index (χ1v) is 6.71. The van der Waals surface area contributed by atoms with Crippen molar-refractivity contribution in [2.24, 2.45) is 5.92 Å². The topological polar surface area (TPSA) is 49.3 Å². The van der Waals surface area contributed by atoms with Crippen molar-refractivity contribution in [3.05, 3.63) is 29.3 Å². The molecule has 3 nitrogen and oxygen atoms in total. The molecule has 1 saturated carbocycles. The Morgan fingerprint density at radius 2 is 2.21 bits per heavy atom. The molecule has 2 rings (SSSR count). The van der Waals surface area contributed by atoms with Gasteiger partial charge in [0.2, 0.25) is 5.91 Å². The van der Waals surface area contributed by atoms with Crippen LogP contribution in [0.2, 0.25) is 0 Å². The number of nitrogens with one attached hydrogen (secondary N) is 1. The Morgan fingerprint density at radius 1 is 1.42 bits per heavy atom. The molecule has 0 unspecified atom stereocenters. The van der Waals surface area contributed by atoms with Crippen molar-refractivity contribution in [1.29, 1.82) is 0 Å². The molecule has 1 fully saturated rings. The van der Waals surface area contributed by atoms with Gasteiger partial charge >= 0.3 is 0 Å². The molecule has 0 saturated heterocycles. The summed E-state index contributed by atoms with van der Waals surface area (Å²) >= 11 is 0. The molecule has 0 aliphatic heterocycles. The van der Waals surface area contributed by atoms with Crippen LogP contribution in [0, 0.1) is 24.7 Å². The molecule has 1 aliphatic carbocycles. The van der Waals surface area contributed by atoms with E-state index >= 15 is 0 Å². The van der Waals surface area contributed by atoms with Gasteiger partial charge in [0.1, 0.15) is 0 Å². The SMILES string of the molecule is Cc1cc(C#CCCO)cc(NC(=O)C2CCC2)c1. The second-order valence-electron chi connectivity index (χ2n) is 4.98. The molecule has 0 bridgehead atoms. The maximum atomic E-state index is 11.9. The van der Waals surface area contributed by atoms with Crippen LogP contribution in [0.15, 0.2) is 18.2 Å². The van der Waals surface area contributed by atoms with E-state index in [4.69, 9.17) is 5.11 Å². The first-order valence-electron chi connectivity index (χ1n) is 6.71. The molecule has 0 atom stereocenters. The number of rotatable bonds is 3.